The minimum absolute atomic E-state index is 0.292. The van der Waals surface area contributed by atoms with E-state index in [9.17, 15) is 4.79 Å². The summed E-state index contributed by atoms with van der Waals surface area (Å²) in [5.74, 6) is 0.292. The first-order chi connectivity index (χ1) is 12.5. The lowest BCUT2D eigenvalue weighted by atomic mass is 10.00. The summed E-state index contributed by atoms with van der Waals surface area (Å²) in [6, 6.07) is 13.6. The molecule has 1 amide bonds. The molecule has 26 heavy (non-hydrogen) atoms. The van der Waals surface area contributed by atoms with E-state index >= 15 is 0 Å². The van der Waals surface area contributed by atoms with Crippen LogP contribution in [-0.4, -0.2) is 23.1 Å². The normalized spacial score (nSPS) is 10.5. The van der Waals surface area contributed by atoms with Gasteiger partial charge in [0.25, 0.3) is 0 Å². The van der Waals surface area contributed by atoms with Gasteiger partial charge in [0.05, 0.1) is 11.9 Å². The Balaban J connectivity index is 1.92. The van der Waals surface area contributed by atoms with Crippen molar-refractivity contribution in [3.8, 4) is 17.0 Å². The molecule has 3 rings (SSSR count). The van der Waals surface area contributed by atoms with E-state index in [0.29, 0.717) is 11.6 Å². The van der Waals surface area contributed by atoms with E-state index in [4.69, 9.17) is 4.74 Å². The van der Waals surface area contributed by atoms with Gasteiger partial charge in [-0.1, -0.05) is 24.3 Å². The van der Waals surface area contributed by atoms with Crippen molar-refractivity contribution in [3.63, 3.8) is 0 Å². The monoisotopic (exact) mass is 347 g/mol. The molecule has 5 heteroatoms. The van der Waals surface area contributed by atoms with E-state index in [2.05, 4.69) is 9.97 Å². The molecule has 0 fully saturated rings. The fraction of sp³-hybridized carbons (Fsp3) is 0.190. The van der Waals surface area contributed by atoms with Crippen LogP contribution in [0.25, 0.3) is 11.1 Å². The fourth-order valence-electron chi connectivity index (χ4n) is 2.87. The Hall–Kier alpha value is -3.21. The molecular formula is C21H21N3O2. The molecule has 0 radical (unpaired) electrons. The quantitative estimate of drug-likeness (QED) is 0.689. The van der Waals surface area contributed by atoms with Gasteiger partial charge < -0.3 is 4.74 Å². The Bertz CT molecular complexity index is 933. The number of anilines is 1. The molecule has 0 atom stereocenters. The lowest BCUT2D eigenvalue weighted by Gasteiger charge is -2.20. The van der Waals surface area contributed by atoms with Gasteiger partial charge in [-0.15, -0.1) is 0 Å². The van der Waals surface area contributed by atoms with Crippen molar-refractivity contribution >= 4 is 11.8 Å². The molecule has 0 aliphatic carbocycles. The summed E-state index contributed by atoms with van der Waals surface area (Å²) in [5, 5.41) is 0. The van der Waals surface area contributed by atoms with Gasteiger partial charge in [-0.25, -0.2) is 9.78 Å². The number of aromatic nitrogens is 2. The van der Waals surface area contributed by atoms with Gasteiger partial charge in [0, 0.05) is 30.6 Å². The number of rotatable bonds is 3. The molecule has 0 saturated heterocycles. The molecule has 0 N–H and O–H groups in total. The summed E-state index contributed by atoms with van der Waals surface area (Å²) >= 11 is 0. The van der Waals surface area contributed by atoms with Gasteiger partial charge >= 0.3 is 6.09 Å². The summed E-state index contributed by atoms with van der Waals surface area (Å²) in [7, 11) is 1.67. The second kappa shape index (κ2) is 7.35. The van der Waals surface area contributed by atoms with E-state index < -0.39 is 6.09 Å². The van der Waals surface area contributed by atoms with Crippen LogP contribution in [0, 0.1) is 20.8 Å². The van der Waals surface area contributed by atoms with Crippen LogP contribution in [-0.2, 0) is 0 Å². The summed E-state index contributed by atoms with van der Waals surface area (Å²) in [6.07, 6.45) is 2.87. The minimum atomic E-state index is -0.509. The molecular weight excluding hydrogens is 326 g/mol. The average molecular weight is 347 g/mol. The summed E-state index contributed by atoms with van der Waals surface area (Å²) in [6.45, 7) is 5.84. The topological polar surface area (TPSA) is 55.3 Å². The standard InChI is InChI=1S/C21H21N3O2/c1-14-11-16(3)23-20(12-14)26-21(25)24(4)19-13-22-10-9-18(19)17-8-6-5-7-15(17)2/h5-13H,1-4H3. The highest BCUT2D eigenvalue weighted by Crippen LogP contribution is 2.32. The number of amides is 1. The van der Waals surface area contributed by atoms with Crippen LogP contribution < -0.4 is 9.64 Å². The highest BCUT2D eigenvalue weighted by molar-refractivity contribution is 5.94. The molecule has 5 nitrogen and oxygen atoms in total. The first-order valence-electron chi connectivity index (χ1n) is 8.36. The number of benzene rings is 1. The summed E-state index contributed by atoms with van der Waals surface area (Å²) < 4.78 is 5.46. The predicted octanol–water partition coefficient (Wildman–Crippen LogP) is 4.70. The highest BCUT2D eigenvalue weighted by Gasteiger charge is 2.19. The van der Waals surface area contributed by atoms with Crippen molar-refractivity contribution < 1.29 is 9.53 Å². The Labute approximate surface area is 153 Å². The number of hydrogen-bond donors (Lipinski definition) is 0. The van der Waals surface area contributed by atoms with Gasteiger partial charge in [-0.3, -0.25) is 9.88 Å². The second-order valence-electron chi connectivity index (χ2n) is 6.26. The van der Waals surface area contributed by atoms with Crippen LogP contribution in [0.3, 0.4) is 0 Å². The lowest BCUT2D eigenvalue weighted by molar-refractivity contribution is 0.207. The number of carbonyl (C=O) groups is 1. The van der Waals surface area contributed by atoms with Crippen LogP contribution in [0.1, 0.15) is 16.8 Å². The average Bonchev–Trinajstić information content (AvgIpc) is 2.60. The fourth-order valence-corrected chi connectivity index (χ4v) is 2.87. The highest BCUT2D eigenvalue weighted by atomic mass is 16.6. The van der Waals surface area contributed by atoms with Crippen molar-refractivity contribution in [3.05, 3.63) is 71.7 Å². The maximum absolute atomic E-state index is 12.6. The molecule has 0 spiro atoms. The predicted molar refractivity (Wildman–Crippen MR) is 103 cm³/mol. The van der Waals surface area contributed by atoms with E-state index in [0.717, 1.165) is 27.9 Å². The first-order valence-corrected chi connectivity index (χ1v) is 8.36. The van der Waals surface area contributed by atoms with Crippen molar-refractivity contribution in [1.82, 2.24) is 9.97 Å². The van der Waals surface area contributed by atoms with Crippen molar-refractivity contribution in [2.24, 2.45) is 0 Å². The van der Waals surface area contributed by atoms with E-state index in [1.807, 2.05) is 57.2 Å². The molecule has 0 aliphatic rings. The number of pyridine rings is 2. The summed E-state index contributed by atoms with van der Waals surface area (Å²) in [4.78, 5) is 22.5. The van der Waals surface area contributed by atoms with Gasteiger partial charge in [0.2, 0.25) is 5.88 Å². The number of ether oxygens (including phenoxy) is 1. The summed E-state index contributed by atoms with van der Waals surface area (Å²) in [5.41, 5.74) is 5.57. The maximum atomic E-state index is 12.6. The third kappa shape index (κ3) is 3.72. The molecule has 0 bridgehead atoms. The van der Waals surface area contributed by atoms with Gasteiger partial charge in [-0.2, -0.15) is 0 Å². The maximum Gasteiger partial charge on any atom is 0.420 e. The van der Waals surface area contributed by atoms with Crippen LogP contribution >= 0.6 is 0 Å². The number of nitrogens with zero attached hydrogens (tertiary/aromatic N) is 3. The van der Waals surface area contributed by atoms with Crippen LogP contribution in [0.15, 0.2) is 54.9 Å². The van der Waals surface area contributed by atoms with E-state index in [1.165, 1.54) is 4.90 Å². The largest absolute Gasteiger partial charge is 0.420 e. The molecule has 0 unspecified atom stereocenters. The Kier molecular flexibility index (Phi) is 4.98. The molecule has 0 aliphatic heterocycles. The Morgan fingerprint density at radius 2 is 1.81 bits per heavy atom. The molecule has 2 heterocycles. The van der Waals surface area contributed by atoms with E-state index in [1.54, 1.807) is 25.5 Å². The zero-order valence-electron chi connectivity index (χ0n) is 15.4. The van der Waals surface area contributed by atoms with Crippen LogP contribution in [0.5, 0.6) is 5.88 Å². The number of aryl methyl sites for hydroxylation is 3. The Morgan fingerprint density at radius 1 is 1.04 bits per heavy atom. The molecule has 132 valence electrons. The molecule has 0 saturated carbocycles. The number of carbonyl (C=O) groups excluding carboxylic acids is 1. The SMILES string of the molecule is Cc1cc(C)nc(OC(=O)N(C)c2cnccc2-c2ccccc2C)c1. The minimum Gasteiger partial charge on any atom is -0.391 e. The zero-order chi connectivity index (χ0) is 18.7. The van der Waals surface area contributed by atoms with Gasteiger partial charge in [0.15, 0.2) is 0 Å². The first kappa shape index (κ1) is 17.6. The molecule has 2 aromatic heterocycles. The van der Waals surface area contributed by atoms with Gasteiger partial charge in [-0.05, 0) is 49.6 Å². The Morgan fingerprint density at radius 3 is 2.54 bits per heavy atom. The van der Waals surface area contributed by atoms with Crippen molar-refractivity contribution in [1.29, 1.82) is 0 Å². The van der Waals surface area contributed by atoms with Crippen LogP contribution in [0.2, 0.25) is 0 Å². The molecule has 1 aromatic carbocycles. The smallest absolute Gasteiger partial charge is 0.391 e. The van der Waals surface area contributed by atoms with Crippen molar-refractivity contribution in [2.75, 3.05) is 11.9 Å². The van der Waals surface area contributed by atoms with Crippen LogP contribution in [0.4, 0.5) is 10.5 Å². The lowest BCUT2D eigenvalue weighted by Crippen LogP contribution is -2.30. The third-order valence-corrected chi connectivity index (χ3v) is 4.14. The van der Waals surface area contributed by atoms with Crippen molar-refractivity contribution in [2.45, 2.75) is 20.8 Å². The van der Waals surface area contributed by atoms with E-state index in [-0.39, 0.29) is 0 Å². The third-order valence-electron chi connectivity index (χ3n) is 4.14. The zero-order valence-corrected chi connectivity index (χ0v) is 15.4. The van der Waals surface area contributed by atoms with Gasteiger partial charge in [0.1, 0.15) is 0 Å². The molecule has 3 aromatic rings. The second-order valence-corrected chi connectivity index (χ2v) is 6.26. The number of hydrogen-bond acceptors (Lipinski definition) is 4.